The van der Waals surface area contributed by atoms with Gasteiger partial charge in [-0.2, -0.15) is 15.5 Å². The number of nitrogens with two attached hydrogens (primary N) is 2. The lowest BCUT2D eigenvalue weighted by Crippen LogP contribution is -2.17. The highest BCUT2D eigenvalue weighted by molar-refractivity contribution is 6.15. The molecule has 0 aliphatic heterocycles. The van der Waals surface area contributed by atoms with Crippen LogP contribution in [0, 0.1) is 17.2 Å². The van der Waals surface area contributed by atoms with Gasteiger partial charge in [0.05, 0.1) is 24.7 Å². The molecule has 0 aromatic carbocycles. The van der Waals surface area contributed by atoms with Gasteiger partial charge in [-0.25, -0.2) is 0 Å². The van der Waals surface area contributed by atoms with Gasteiger partial charge in [-0.15, -0.1) is 0 Å². The molecular weight excluding hydrogens is 290 g/mol. The molecule has 3 rings (SSSR count). The summed E-state index contributed by atoms with van der Waals surface area (Å²) < 4.78 is 1.89. The minimum atomic E-state index is 0.110. The van der Waals surface area contributed by atoms with E-state index in [2.05, 4.69) is 21.3 Å². The predicted molar refractivity (Wildman–Crippen MR) is 88.5 cm³/mol. The number of nitrogens with one attached hydrogen (secondary N) is 1. The van der Waals surface area contributed by atoms with Crippen LogP contribution in [0.5, 0.6) is 0 Å². The maximum atomic E-state index is 9.15. The number of aromatic amines is 1. The van der Waals surface area contributed by atoms with E-state index < -0.39 is 0 Å². The molecule has 1 saturated carbocycles. The Hall–Kier alpha value is -2.75. The van der Waals surface area contributed by atoms with E-state index in [0.717, 1.165) is 24.0 Å². The number of nitrogen functional groups attached to an aromatic ring is 1. The van der Waals surface area contributed by atoms with Gasteiger partial charge in [0.15, 0.2) is 0 Å². The maximum Gasteiger partial charge on any atom is 0.110 e. The van der Waals surface area contributed by atoms with Crippen LogP contribution in [0.1, 0.15) is 49.3 Å². The van der Waals surface area contributed by atoms with Gasteiger partial charge < -0.3 is 16.6 Å². The first-order valence-electron chi connectivity index (χ1n) is 7.87. The van der Waals surface area contributed by atoms with Gasteiger partial charge in [0, 0.05) is 23.5 Å². The fourth-order valence-electron chi connectivity index (χ4n) is 3.44. The average molecular weight is 311 g/mol. The van der Waals surface area contributed by atoms with Crippen LogP contribution in [-0.2, 0) is 0 Å². The molecule has 1 unspecified atom stereocenters. The summed E-state index contributed by atoms with van der Waals surface area (Å²) in [4.78, 5) is 2.92. The molecule has 0 spiro atoms. The van der Waals surface area contributed by atoms with Gasteiger partial charge in [-0.05, 0) is 24.8 Å². The lowest BCUT2D eigenvalue weighted by atomic mass is 9.96. The van der Waals surface area contributed by atoms with Crippen molar-refractivity contribution in [3.8, 4) is 6.07 Å². The van der Waals surface area contributed by atoms with Gasteiger partial charge in [-0.1, -0.05) is 12.8 Å². The fourth-order valence-corrected chi connectivity index (χ4v) is 3.44. The van der Waals surface area contributed by atoms with Crippen molar-refractivity contribution in [1.82, 2.24) is 14.8 Å². The van der Waals surface area contributed by atoms with Crippen LogP contribution in [0.4, 0.5) is 5.82 Å². The molecule has 7 heteroatoms. The number of hydrazone groups is 1. The van der Waals surface area contributed by atoms with Crippen LogP contribution >= 0.6 is 0 Å². The molecule has 1 fully saturated rings. The Morgan fingerprint density at radius 1 is 1.52 bits per heavy atom. The molecule has 23 heavy (non-hydrogen) atoms. The summed E-state index contributed by atoms with van der Waals surface area (Å²) >= 11 is 0. The standard InChI is InChI=1S/C16H21N7/c17-7-5-14(11-3-1-2-4-11)23-10-12(9-21-23)15(22-19)13-6-8-20-16(13)18/h6,8-11,14,20H,1-5,18-19H2/b22-15-. The summed E-state index contributed by atoms with van der Waals surface area (Å²) in [5, 5.41) is 17.5. The van der Waals surface area contributed by atoms with E-state index in [0.29, 0.717) is 23.9 Å². The van der Waals surface area contributed by atoms with Crippen LogP contribution in [0.3, 0.4) is 0 Å². The molecule has 1 aliphatic carbocycles. The van der Waals surface area contributed by atoms with Crippen molar-refractivity contribution >= 4 is 11.5 Å². The quantitative estimate of drug-likeness (QED) is 0.445. The number of nitrogens with zero attached hydrogens (tertiary/aromatic N) is 4. The first kappa shape index (κ1) is 15.2. The number of anilines is 1. The molecular formula is C16H21N7. The molecule has 2 aromatic heterocycles. The highest BCUT2D eigenvalue weighted by atomic mass is 15.3. The Morgan fingerprint density at radius 2 is 2.30 bits per heavy atom. The second kappa shape index (κ2) is 6.57. The largest absolute Gasteiger partial charge is 0.385 e. The molecule has 1 atom stereocenters. The third-order valence-corrected chi connectivity index (χ3v) is 4.62. The normalized spacial score (nSPS) is 17.3. The lowest BCUT2D eigenvalue weighted by molar-refractivity contribution is 0.314. The van der Waals surface area contributed by atoms with E-state index in [-0.39, 0.29) is 6.04 Å². The average Bonchev–Trinajstić information content (AvgIpc) is 3.29. The number of rotatable bonds is 5. The van der Waals surface area contributed by atoms with Crippen molar-refractivity contribution in [3.05, 3.63) is 35.8 Å². The summed E-state index contributed by atoms with van der Waals surface area (Å²) in [5.41, 5.74) is 8.06. The Bertz CT molecular complexity index is 728. The Kier molecular flexibility index (Phi) is 4.33. The fraction of sp³-hybridized carbons (Fsp3) is 0.438. The van der Waals surface area contributed by atoms with Gasteiger partial charge in [0.25, 0.3) is 0 Å². The molecule has 2 aromatic rings. The molecule has 2 heterocycles. The summed E-state index contributed by atoms with van der Waals surface area (Å²) in [6, 6.07) is 4.24. The monoisotopic (exact) mass is 311 g/mol. The van der Waals surface area contributed by atoms with Crippen molar-refractivity contribution in [1.29, 1.82) is 5.26 Å². The first-order chi connectivity index (χ1) is 11.2. The maximum absolute atomic E-state index is 9.15. The predicted octanol–water partition coefficient (Wildman–Crippen LogP) is 2.15. The number of hydrogen-bond donors (Lipinski definition) is 3. The smallest absolute Gasteiger partial charge is 0.110 e. The van der Waals surface area contributed by atoms with E-state index in [4.69, 9.17) is 16.8 Å². The van der Waals surface area contributed by atoms with Crippen molar-refractivity contribution in [2.75, 3.05) is 5.73 Å². The summed E-state index contributed by atoms with van der Waals surface area (Å²) in [7, 11) is 0. The first-order valence-corrected chi connectivity index (χ1v) is 7.87. The zero-order valence-corrected chi connectivity index (χ0v) is 12.9. The van der Waals surface area contributed by atoms with E-state index in [1.165, 1.54) is 12.8 Å². The van der Waals surface area contributed by atoms with Gasteiger partial charge >= 0.3 is 0 Å². The highest BCUT2D eigenvalue weighted by Crippen LogP contribution is 2.35. The van der Waals surface area contributed by atoms with Gasteiger partial charge in [0.1, 0.15) is 11.5 Å². The van der Waals surface area contributed by atoms with Crippen LogP contribution < -0.4 is 11.6 Å². The van der Waals surface area contributed by atoms with Crippen LogP contribution in [0.2, 0.25) is 0 Å². The minimum Gasteiger partial charge on any atom is -0.385 e. The molecule has 0 saturated heterocycles. The number of hydrogen-bond acceptors (Lipinski definition) is 5. The van der Waals surface area contributed by atoms with Crippen molar-refractivity contribution < 1.29 is 0 Å². The van der Waals surface area contributed by atoms with E-state index >= 15 is 0 Å². The molecule has 0 bridgehead atoms. The molecule has 1 aliphatic rings. The van der Waals surface area contributed by atoms with Crippen LogP contribution in [0.15, 0.2) is 29.8 Å². The van der Waals surface area contributed by atoms with Crippen molar-refractivity contribution in [3.63, 3.8) is 0 Å². The number of nitriles is 1. The zero-order chi connectivity index (χ0) is 16.2. The molecule has 120 valence electrons. The third kappa shape index (κ3) is 2.93. The van der Waals surface area contributed by atoms with Crippen LogP contribution in [-0.4, -0.2) is 20.5 Å². The topological polar surface area (TPSA) is 122 Å². The van der Waals surface area contributed by atoms with Gasteiger partial charge in [0.2, 0.25) is 0 Å². The van der Waals surface area contributed by atoms with Crippen LogP contribution in [0.25, 0.3) is 0 Å². The minimum absolute atomic E-state index is 0.110. The molecule has 7 nitrogen and oxygen atoms in total. The molecule has 0 amide bonds. The molecule has 0 radical (unpaired) electrons. The third-order valence-electron chi connectivity index (χ3n) is 4.62. The van der Waals surface area contributed by atoms with Gasteiger partial charge in [-0.3, -0.25) is 4.68 Å². The SMILES string of the molecule is N#CCC(C1CCCC1)n1cc(/C(=N/N)c2cc[nH]c2N)cn1. The number of H-pyrrole nitrogens is 1. The second-order valence-electron chi connectivity index (χ2n) is 5.97. The van der Waals surface area contributed by atoms with E-state index in [1.807, 2.05) is 16.9 Å². The Balaban J connectivity index is 1.89. The summed E-state index contributed by atoms with van der Waals surface area (Å²) in [5.74, 6) is 6.59. The summed E-state index contributed by atoms with van der Waals surface area (Å²) in [6.45, 7) is 0. The second-order valence-corrected chi connectivity index (χ2v) is 5.97. The van der Waals surface area contributed by atoms with E-state index in [9.17, 15) is 0 Å². The summed E-state index contributed by atoms with van der Waals surface area (Å²) in [6.07, 6.45) is 10.6. The lowest BCUT2D eigenvalue weighted by Gasteiger charge is -2.21. The van der Waals surface area contributed by atoms with Crippen molar-refractivity contribution in [2.24, 2.45) is 16.9 Å². The highest BCUT2D eigenvalue weighted by Gasteiger charge is 2.27. The molecule has 5 N–H and O–H groups in total. The zero-order valence-electron chi connectivity index (χ0n) is 12.9. The van der Waals surface area contributed by atoms with Crippen molar-refractivity contribution in [2.45, 2.75) is 38.1 Å². The number of aromatic nitrogens is 3. The van der Waals surface area contributed by atoms with E-state index in [1.54, 1.807) is 12.4 Å². The Morgan fingerprint density at radius 3 is 2.91 bits per heavy atom. The Labute approximate surface area is 135 Å².